The smallest absolute Gasteiger partial charge is 0.175 e. The molecule has 0 N–H and O–H groups in total. The number of allylic oxidation sites excluding steroid dienone is 1. The number of halogens is 1. The maximum atomic E-state index is 9.64. The number of aryl methyl sites for hydroxylation is 1. The van der Waals surface area contributed by atoms with Crippen LogP contribution in [-0.4, -0.2) is 6.61 Å². The van der Waals surface area contributed by atoms with Gasteiger partial charge in [0.05, 0.1) is 21.8 Å². The summed E-state index contributed by atoms with van der Waals surface area (Å²) in [5.74, 6) is 1.41. The van der Waals surface area contributed by atoms with E-state index in [0.717, 1.165) is 26.0 Å². The molecule has 0 aliphatic heterocycles. The van der Waals surface area contributed by atoms with E-state index in [-0.39, 0.29) is 0 Å². The van der Waals surface area contributed by atoms with Crippen molar-refractivity contribution in [2.45, 2.75) is 20.5 Å². The molecule has 0 unspecified atom stereocenters. The van der Waals surface area contributed by atoms with E-state index < -0.39 is 0 Å². The predicted molar refractivity (Wildman–Crippen MR) is 126 cm³/mol. The van der Waals surface area contributed by atoms with Gasteiger partial charge in [-0.1, -0.05) is 60.2 Å². The number of nitriles is 1. The predicted octanol–water partition coefficient (Wildman–Crippen LogP) is 6.64. The van der Waals surface area contributed by atoms with Gasteiger partial charge in [0.15, 0.2) is 11.5 Å². The molecule has 29 heavy (non-hydrogen) atoms. The molecular weight excluding hydrogens is 473 g/mol. The van der Waals surface area contributed by atoms with Gasteiger partial charge in [0, 0.05) is 0 Å². The van der Waals surface area contributed by atoms with Gasteiger partial charge in [0.2, 0.25) is 0 Å². The van der Waals surface area contributed by atoms with Gasteiger partial charge in [0.25, 0.3) is 0 Å². The first-order valence-corrected chi connectivity index (χ1v) is 10.5. The van der Waals surface area contributed by atoms with Gasteiger partial charge in [0.1, 0.15) is 6.61 Å². The van der Waals surface area contributed by atoms with Crippen LogP contribution in [0.1, 0.15) is 29.2 Å². The fraction of sp³-hybridized carbons (Fsp3) is 0.160. The Morgan fingerprint density at radius 2 is 1.76 bits per heavy atom. The highest BCUT2D eigenvalue weighted by Crippen LogP contribution is 2.36. The normalized spacial score (nSPS) is 11.0. The molecule has 3 aromatic carbocycles. The van der Waals surface area contributed by atoms with Gasteiger partial charge >= 0.3 is 0 Å². The highest BCUT2D eigenvalue weighted by atomic mass is 127. The minimum absolute atomic E-state index is 0.471. The SMILES string of the molecule is CCOc1cc(/C=C(\C#N)c2ccc(C)cc2)cc(I)c1OCc1ccccc1. The summed E-state index contributed by atoms with van der Waals surface area (Å²) in [5, 5.41) is 9.64. The van der Waals surface area contributed by atoms with Crippen LogP contribution in [0.2, 0.25) is 0 Å². The first-order valence-electron chi connectivity index (χ1n) is 9.42. The number of nitrogens with zero attached hydrogens (tertiary/aromatic N) is 1. The zero-order valence-electron chi connectivity index (χ0n) is 16.5. The average Bonchev–Trinajstić information content (AvgIpc) is 2.73. The summed E-state index contributed by atoms with van der Waals surface area (Å²) in [7, 11) is 0. The second-order valence-electron chi connectivity index (χ2n) is 6.57. The Hall–Kier alpha value is -2.78. The van der Waals surface area contributed by atoms with Crippen molar-refractivity contribution in [1.29, 1.82) is 5.26 Å². The van der Waals surface area contributed by atoms with Crippen LogP contribution in [-0.2, 0) is 6.61 Å². The minimum Gasteiger partial charge on any atom is -0.490 e. The molecule has 0 spiro atoms. The van der Waals surface area contributed by atoms with Crippen molar-refractivity contribution in [2.75, 3.05) is 6.61 Å². The van der Waals surface area contributed by atoms with E-state index in [2.05, 4.69) is 28.7 Å². The van der Waals surface area contributed by atoms with Crippen LogP contribution in [0, 0.1) is 21.8 Å². The summed E-state index contributed by atoms with van der Waals surface area (Å²) >= 11 is 2.25. The molecule has 146 valence electrons. The highest BCUT2D eigenvalue weighted by molar-refractivity contribution is 14.1. The number of ether oxygens (including phenoxy) is 2. The van der Waals surface area contributed by atoms with Crippen LogP contribution in [0.4, 0.5) is 0 Å². The summed E-state index contributed by atoms with van der Waals surface area (Å²) in [6.07, 6.45) is 1.89. The van der Waals surface area contributed by atoms with E-state index in [9.17, 15) is 5.26 Å². The molecule has 0 saturated heterocycles. The molecule has 0 radical (unpaired) electrons. The maximum absolute atomic E-state index is 9.64. The summed E-state index contributed by atoms with van der Waals surface area (Å²) in [4.78, 5) is 0. The molecule has 0 bridgehead atoms. The van der Waals surface area contributed by atoms with Crippen molar-refractivity contribution in [2.24, 2.45) is 0 Å². The topological polar surface area (TPSA) is 42.2 Å². The third-order valence-corrected chi connectivity index (χ3v) is 5.15. The largest absolute Gasteiger partial charge is 0.490 e. The van der Waals surface area contributed by atoms with Gasteiger partial charge in [-0.05, 0) is 71.3 Å². The molecule has 0 amide bonds. The highest BCUT2D eigenvalue weighted by Gasteiger charge is 2.13. The molecule has 0 aliphatic rings. The summed E-state index contributed by atoms with van der Waals surface area (Å²) in [6, 6.07) is 24.2. The van der Waals surface area contributed by atoms with E-state index in [4.69, 9.17) is 9.47 Å². The average molecular weight is 495 g/mol. The van der Waals surface area contributed by atoms with Crippen molar-refractivity contribution in [3.8, 4) is 17.6 Å². The lowest BCUT2D eigenvalue weighted by Crippen LogP contribution is -2.02. The lowest BCUT2D eigenvalue weighted by atomic mass is 10.0. The van der Waals surface area contributed by atoms with Gasteiger partial charge in [-0.15, -0.1) is 0 Å². The maximum Gasteiger partial charge on any atom is 0.175 e. The van der Waals surface area contributed by atoms with Gasteiger partial charge in [-0.3, -0.25) is 0 Å². The van der Waals surface area contributed by atoms with Crippen molar-refractivity contribution in [3.05, 3.63) is 92.6 Å². The second-order valence-corrected chi connectivity index (χ2v) is 7.74. The van der Waals surface area contributed by atoms with E-state index in [0.29, 0.717) is 24.5 Å². The number of hydrogen-bond donors (Lipinski definition) is 0. The standard InChI is InChI=1S/C25H22INO2/c1-3-28-24-15-20(13-22(16-27)21-11-9-18(2)10-12-21)14-23(26)25(24)29-17-19-7-5-4-6-8-19/h4-15H,3,17H2,1-2H3/b22-13+. The Morgan fingerprint density at radius 3 is 2.41 bits per heavy atom. The zero-order chi connectivity index (χ0) is 20.6. The third kappa shape index (κ3) is 5.61. The van der Waals surface area contributed by atoms with Crippen LogP contribution in [0.15, 0.2) is 66.7 Å². The number of benzene rings is 3. The number of rotatable bonds is 7. The first kappa shape index (κ1) is 20.9. The molecule has 4 heteroatoms. The molecule has 3 rings (SSSR count). The molecular formula is C25H22INO2. The Labute approximate surface area is 185 Å². The van der Waals surface area contributed by atoms with E-state index in [1.807, 2.05) is 86.7 Å². The van der Waals surface area contributed by atoms with E-state index >= 15 is 0 Å². The van der Waals surface area contributed by atoms with E-state index in [1.54, 1.807) is 0 Å². The monoisotopic (exact) mass is 495 g/mol. The molecule has 3 aromatic rings. The molecule has 0 atom stereocenters. The van der Waals surface area contributed by atoms with Crippen molar-refractivity contribution in [3.63, 3.8) is 0 Å². The second kappa shape index (κ2) is 10.1. The molecule has 0 fully saturated rings. The molecule has 0 heterocycles. The van der Waals surface area contributed by atoms with Crippen molar-refractivity contribution < 1.29 is 9.47 Å². The summed E-state index contributed by atoms with van der Waals surface area (Å²) < 4.78 is 12.9. The quantitative estimate of drug-likeness (QED) is 0.210. The Kier molecular flexibility index (Phi) is 7.31. The van der Waals surface area contributed by atoms with Crippen LogP contribution < -0.4 is 9.47 Å². The lowest BCUT2D eigenvalue weighted by molar-refractivity contribution is 0.267. The third-order valence-electron chi connectivity index (χ3n) is 4.35. The van der Waals surface area contributed by atoms with Gasteiger partial charge < -0.3 is 9.47 Å². The lowest BCUT2D eigenvalue weighted by Gasteiger charge is -2.15. The van der Waals surface area contributed by atoms with Crippen LogP contribution in [0.5, 0.6) is 11.5 Å². The van der Waals surface area contributed by atoms with Crippen LogP contribution in [0.3, 0.4) is 0 Å². The van der Waals surface area contributed by atoms with Crippen molar-refractivity contribution >= 4 is 34.2 Å². The summed E-state index contributed by atoms with van der Waals surface area (Å²) in [5.41, 5.74) is 4.68. The van der Waals surface area contributed by atoms with Crippen LogP contribution in [0.25, 0.3) is 11.6 Å². The minimum atomic E-state index is 0.471. The van der Waals surface area contributed by atoms with E-state index in [1.165, 1.54) is 5.56 Å². The Bertz CT molecular complexity index is 1030. The molecule has 0 aliphatic carbocycles. The fourth-order valence-corrected chi connectivity index (χ4v) is 3.67. The number of hydrogen-bond acceptors (Lipinski definition) is 3. The van der Waals surface area contributed by atoms with Gasteiger partial charge in [-0.2, -0.15) is 5.26 Å². The van der Waals surface area contributed by atoms with Crippen LogP contribution >= 0.6 is 22.6 Å². The fourth-order valence-electron chi connectivity index (χ4n) is 2.88. The molecule has 0 aromatic heterocycles. The molecule has 0 saturated carbocycles. The van der Waals surface area contributed by atoms with Gasteiger partial charge in [-0.25, -0.2) is 0 Å². The summed E-state index contributed by atoms with van der Waals surface area (Å²) in [6.45, 7) is 4.99. The first-order chi connectivity index (χ1) is 14.1. The zero-order valence-corrected chi connectivity index (χ0v) is 18.6. The van der Waals surface area contributed by atoms with Crippen molar-refractivity contribution in [1.82, 2.24) is 0 Å². The molecule has 3 nitrogen and oxygen atoms in total. The Balaban J connectivity index is 1.92. The Morgan fingerprint density at radius 1 is 1.03 bits per heavy atom.